The molecular formula is C10H8F3N3. The Morgan fingerprint density at radius 3 is 2.44 bits per heavy atom. The molecule has 1 rings (SSSR count). The van der Waals surface area contributed by atoms with Crippen LogP contribution in [0.1, 0.15) is 5.56 Å². The molecule has 0 aromatic heterocycles. The van der Waals surface area contributed by atoms with Crippen LogP contribution in [0.2, 0.25) is 0 Å². The zero-order valence-corrected chi connectivity index (χ0v) is 8.63. The highest BCUT2D eigenvalue weighted by molar-refractivity contribution is 5.65. The molecule has 1 aromatic carbocycles. The highest BCUT2D eigenvalue weighted by Gasteiger charge is 2.17. The molecule has 0 aliphatic heterocycles. The Balaban J connectivity index is 3.39. The summed E-state index contributed by atoms with van der Waals surface area (Å²) in [6.07, 6.45) is 1.19. The summed E-state index contributed by atoms with van der Waals surface area (Å²) in [5, 5.41) is 8.60. The van der Waals surface area contributed by atoms with E-state index < -0.39 is 28.7 Å². The summed E-state index contributed by atoms with van der Waals surface area (Å²) in [7, 11) is 3.24. The van der Waals surface area contributed by atoms with Crippen LogP contribution in [0.15, 0.2) is 11.1 Å². The van der Waals surface area contributed by atoms with Crippen molar-refractivity contribution >= 4 is 12.0 Å². The minimum absolute atomic E-state index is 0.360. The minimum atomic E-state index is -1.40. The second kappa shape index (κ2) is 4.66. The topological polar surface area (TPSA) is 39.4 Å². The van der Waals surface area contributed by atoms with Gasteiger partial charge in [0.25, 0.3) is 0 Å². The molecular weight excluding hydrogens is 219 g/mol. The van der Waals surface area contributed by atoms with Crippen molar-refractivity contribution in [3.05, 3.63) is 29.1 Å². The number of halogens is 3. The van der Waals surface area contributed by atoms with Crippen LogP contribution in [0.3, 0.4) is 0 Å². The number of nitriles is 1. The molecule has 0 unspecified atom stereocenters. The van der Waals surface area contributed by atoms with Crippen LogP contribution in [-0.2, 0) is 0 Å². The van der Waals surface area contributed by atoms with E-state index in [-0.39, 0.29) is 0 Å². The fourth-order valence-electron chi connectivity index (χ4n) is 0.987. The zero-order valence-electron chi connectivity index (χ0n) is 8.63. The molecule has 0 fully saturated rings. The van der Waals surface area contributed by atoms with Gasteiger partial charge >= 0.3 is 0 Å². The van der Waals surface area contributed by atoms with Crippen LogP contribution in [0.25, 0.3) is 0 Å². The predicted molar refractivity (Wildman–Crippen MR) is 52.9 cm³/mol. The van der Waals surface area contributed by atoms with Gasteiger partial charge in [0.2, 0.25) is 0 Å². The normalized spacial score (nSPS) is 10.5. The summed E-state index contributed by atoms with van der Waals surface area (Å²) >= 11 is 0. The maximum absolute atomic E-state index is 13.2. The summed E-state index contributed by atoms with van der Waals surface area (Å²) in [5.74, 6) is -3.87. The van der Waals surface area contributed by atoms with E-state index in [1.54, 1.807) is 14.1 Å². The van der Waals surface area contributed by atoms with E-state index in [1.165, 1.54) is 17.3 Å². The first-order valence-electron chi connectivity index (χ1n) is 4.25. The zero-order chi connectivity index (χ0) is 12.3. The third kappa shape index (κ3) is 2.31. The van der Waals surface area contributed by atoms with Gasteiger partial charge in [-0.1, -0.05) is 0 Å². The van der Waals surface area contributed by atoms with Crippen LogP contribution >= 0.6 is 0 Å². The highest BCUT2D eigenvalue weighted by atomic mass is 19.2. The average molecular weight is 227 g/mol. The number of hydrogen-bond acceptors (Lipinski definition) is 2. The van der Waals surface area contributed by atoms with Crippen molar-refractivity contribution in [3.63, 3.8) is 0 Å². The third-order valence-corrected chi connectivity index (χ3v) is 1.68. The van der Waals surface area contributed by atoms with Crippen molar-refractivity contribution in [1.29, 1.82) is 5.26 Å². The van der Waals surface area contributed by atoms with Gasteiger partial charge < -0.3 is 4.90 Å². The lowest BCUT2D eigenvalue weighted by molar-refractivity contribution is 0.493. The molecule has 0 saturated heterocycles. The molecule has 0 N–H and O–H groups in total. The SMILES string of the molecule is CN(C)/C=N\c1c(F)cc(F)c(F)c1C#N. The molecule has 0 aliphatic rings. The molecule has 1 aromatic rings. The van der Waals surface area contributed by atoms with Crippen LogP contribution in [0.5, 0.6) is 0 Å². The summed E-state index contributed by atoms with van der Waals surface area (Å²) in [6, 6.07) is 1.74. The van der Waals surface area contributed by atoms with Gasteiger partial charge in [0.1, 0.15) is 17.3 Å². The largest absolute Gasteiger partial charge is 0.369 e. The van der Waals surface area contributed by atoms with E-state index in [9.17, 15) is 13.2 Å². The minimum Gasteiger partial charge on any atom is -0.369 e. The van der Waals surface area contributed by atoms with Crippen molar-refractivity contribution in [2.45, 2.75) is 0 Å². The molecule has 0 heterocycles. The summed E-state index contributed by atoms with van der Waals surface area (Å²) in [5.41, 5.74) is -1.24. The van der Waals surface area contributed by atoms with Gasteiger partial charge in [-0.2, -0.15) is 5.26 Å². The monoisotopic (exact) mass is 227 g/mol. The Hall–Kier alpha value is -2.03. The predicted octanol–water partition coefficient (Wildman–Crippen LogP) is 2.20. The first-order chi connectivity index (χ1) is 7.47. The molecule has 0 bridgehead atoms. The molecule has 0 atom stereocenters. The van der Waals surface area contributed by atoms with E-state index in [2.05, 4.69) is 4.99 Å². The van der Waals surface area contributed by atoms with E-state index in [4.69, 9.17) is 5.26 Å². The van der Waals surface area contributed by atoms with E-state index in [0.29, 0.717) is 6.07 Å². The molecule has 0 amide bonds. The van der Waals surface area contributed by atoms with Crippen molar-refractivity contribution in [1.82, 2.24) is 4.90 Å². The third-order valence-electron chi connectivity index (χ3n) is 1.68. The highest BCUT2D eigenvalue weighted by Crippen LogP contribution is 2.26. The van der Waals surface area contributed by atoms with Crippen molar-refractivity contribution in [2.75, 3.05) is 14.1 Å². The van der Waals surface area contributed by atoms with Gasteiger partial charge in [-0.3, -0.25) is 0 Å². The van der Waals surface area contributed by atoms with Gasteiger partial charge in [0.05, 0.1) is 6.34 Å². The van der Waals surface area contributed by atoms with Crippen LogP contribution in [-0.4, -0.2) is 25.3 Å². The number of benzene rings is 1. The van der Waals surface area contributed by atoms with Gasteiger partial charge in [-0.05, 0) is 0 Å². The molecule has 3 nitrogen and oxygen atoms in total. The first-order valence-corrected chi connectivity index (χ1v) is 4.25. The smallest absolute Gasteiger partial charge is 0.178 e. The van der Waals surface area contributed by atoms with Crippen LogP contribution in [0.4, 0.5) is 18.9 Å². The number of nitrogens with zero attached hydrogens (tertiary/aromatic N) is 3. The molecule has 6 heteroatoms. The van der Waals surface area contributed by atoms with E-state index in [1.807, 2.05) is 0 Å². The lowest BCUT2D eigenvalue weighted by Crippen LogP contribution is -2.07. The van der Waals surface area contributed by atoms with Crippen LogP contribution < -0.4 is 0 Å². The molecule has 16 heavy (non-hydrogen) atoms. The lowest BCUT2D eigenvalue weighted by atomic mass is 10.1. The Kier molecular flexibility index (Phi) is 3.51. The van der Waals surface area contributed by atoms with Gasteiger partial charge in [0.15, 0.2) is 17.5 Å². The Labute approximate surface area is 90.4 Å². The van der Waals surface area contributed by atoms with Crippen molar-refractivity contribution in [3.8, 4) is 6.07 Å². The molecule has 0 radical (unpaired) electrons. The maximum Gasteiger partial charge on any atom is 0.178 e. The lowest BCUT2D eigenvalue weighted by Gasteiger charge is -2.05. The molecule has 0 aliphatic carbocycles. The Bertz CT molecular complexity index is 475. The fraction of sp³-hybridized carbons (Fsp3) is 0.200. The molecule has 0 spiro atoms. The quantitative estimate of drug-likeness (QED) is 0.441. The number of hydrogen-bond donors (Lipinski definition) is 0. The van der Waals surface area contributed by atoms with Gasteiger partial charge in [-0.25, -0.2) is 18.2 Å². The Morgan fingerprint density at radius 1 is 1.31 bits per heavy atom. The molecule has 0 saturated carbocycles. The van der Waals surface area contributed by atoms with Crippen molar-refractivity contribution in [2.24, 2.45) is 4.99 Å². The number of rotatable bonds is 2. The maximum atomic E-state index is 13.2. The fourth-order valence-corrected chi connectivity index (χ4v) is 0.987. The second-order valence-electron chi connectivity index (χ2n) is 3.20. The van der Waals surface area contributed by atoms with Crippen molar-refractivity contribution < 1.29 is 13.2 Å². The summed E-state index contributed by atoms with van der Waals surface area (Å²) in [6.45, 7) is 0. The van der Waals surface area contributed by atoms with Crippen LogP contribution in [0, 0.1) is 28.8 Å². The summed E-state index contributed by atoms with van der Waals surface area (Å²) < 4.78 is 39.1. The second-order valence-corrected chi connectivity index (χ2v) is 3.20. The van der Waals surface area contributed by atoms with Gasteiger partial charge in [0, 0.05) is 20.2 Å². The number of aliphatic imine (C=N–C) groups is 1. The van der Waals surface area contributed by atoms with Gasteiger partial charge in [-0.15, -0.1) is 0 Å². The van der Waals surface area contributed by atoms with E-state index in [0.717, 1.165) is 0 Å². The average Bonchev–Trinajstić information content (AvgIpc) is 2.21. The molecule has 84 valence electrons. The Morgan fingerprint density at radius 2 is 1.94 bits per heavy atom. The summed E-state index contributed by atoms with van der Waals surface area (Å²) in [4.78, 5) is 5.05. The standard InChI is InChI=1S/C10H8F3N3/c1-16(2)5-15-10-6(4-14)9(13)7(11)3-8(10)12/h3,5H,1-2H3/b15-5-. The first kappa shape index (κ1) is 12.0. The van der Waals surface area contributed by atoms with E-state index >= 15 is 0 Å².